The van der Waals surface area contributed by atoms with Crippen LogP contribution in [0.2, 0.25) is 0 Å². The number of amides is 3. The number of alkyl halides is 1. The van der Waals surface area contributed by atoms with Gasteiger partial charge in [0, 0.05) is 0 Å². The predicted octanol–water partition coefficient (Wildman–Crippen LogP) is 0.0352. The summed E-state index contributed by atoms with van der Waals surface area (Å²) < 4.78 is 12.7. The number of aliphatic imine (C=N–C) groups is 1. The second-order valence-electron chi connectivity index (χ2n) is 2.09. The molecule has 0 aromatic rings. The lowest BCUT2D eigenvalue weighted by atomic mass is 10.1. The van der Waals surface area contributed by atoms with Crippen LogP contribution in [0.15, 0.2) is 4.99 Å². The van der Waals surface area contributed by atoms with Crippen LogP contribution in [0.3, 0.4) is 0 Å². The van der Waals surface area contributed by atoms with Gasteiger partial charge in [-0.15, -0.1) is 0 Å². The van der Waals surface area contributed by atoms with Crippen LogP contribution >= 0.6 is 0 Å². The van der Waals surface area contributed by atoms with E-state index in [4.69, 9.17) is 0 Å². The van der Waals surface area contributed by atoms with E-state index in [1.54, 1.807) is 5.32 Å². The monoisotopic (exact) mass is 144 g/mol. The summed E-state index contributed by atoms with van der Waals surface area (Å²) in [6, 6.07) is -0.819. The van der Waals surface area contributed by atoms with Crippen molar-refractivity contribution < 1.29 is 14.0 Å². The summed E-state index contributed by atoms with van der Waals surface area (Å²) in [6.45, 7) is 1.03. The molecular formula is C5H5FN2O2. The predicted molar refractivity (Wildman–Crippen MR) is 31.5 cm³/mol. The Kier molecular flexibility index (Phi) is 1.28. The number of carbonyl (C=O) groups is 2. The molecule has 0 aliphatic carbocycles. The summed E-state index contributed by atoms with van der Waals surface area (Å²) in [5.74, 6) is -0.965. The minimum Gasteiger partial charge on any atom is -0.273 e. The van der Waals surface area contributed by atoms with Crippen LogP contribution in [-0.2, 0) is 4.79 Å². The standard InChI is InChI=1S/C5H5FN2O2/c1-5(6)2-7-4(10)8-3(5)9/h2H,1H3,(H,8,9,10). The fourth-order valence-corrected chi connectivity index (χ4v) is 0.490. The second kappa shape index (κ2) is 1.86. The SMILES string of the molecule is CC1(F)C=NC(=O)NC1=O. The minimum atomic E-state index is -2.14. The lowest BCUT2D eigenvalue weighted by molar-refractivity contribution is -0.126. The van der Waals surface area contributed by atoms with Gasteiger partial charge in [-0.3, -0.25) is 10.1 Å². The normalized spacial score (nSPS) is 32.2. The quantitative estimate of drug-likeness (QED) is 0.521. The summed E-state index contributed by atoms with van der Waals surface area (Å²) in [6.07, 6.45) is 0.689. The van der Waals surface area contributed by atoms with Crippen LogP contribution in [0, 0.1) is 0 Å². The van der Waals surface area contributed by atoms with Gasteiger partial charge in [-0.05, 0) is 6.92 Å². The molecule has 3 amide bonds. The average Bonchev–Trinajstić information content (AvgIpc) is 1.81. The van der Waals surface area contributed by atoms with E-state index in [1.807, 2.05) is 0 Å². The molecule has 10 heavy (non-hydrogen) atoms. The molecule has 0 saturated carbocycles. The van der Waals surface area contributed by atoms with Crippen LogP contribution in [0.4, 0.5) is 9.18 Å². The lowest BCUT2D eigenvalue weighted by Crippen LogP contribution is -2.48. The Morgan fingerprint density at radius 1 is 1.70 bits per heavy atom. The highest BCUT2D eigenvalue weighted by Crippen LogP contribution is 2.09. The number of nitrogens with one attached hydrogen (secondary N) is 1. The molecule has 1 unspecified atom stereocenters. The first-order valence-corrected chi connectivity index (χ1v) is 2.62. The van der Waals surface area contributed by atoms with Crippen molar-refractivity contribution in [3.63, 3.8) is 0 Å². The smallest absolute Gasteiger partial charge is 0.273 e. The Hall–Kier alpha value is -1.26. The van der Waals surface area contributed by atoms with Gasteiger partial charge in [0.2, 0.25) is 5.67 Å². The van der Waals surface area contributed by atoms with Crippen molar-refractivity contribution in [2.45, 2.75) is 12.6 Å². The maximum Gasteiger partial charge on any atom is 0.347 e. The van der Waals surface area contributed by atoms with Crippen LogP contribution in [0.5, 0.6) is 0 Å². The fraction of sp³-hybridized carbons (Fsp3) is 0.400. The van der Waals surface area contributed by atoms with Crippen LogP contribution < -0.4 is 5.32 Å². The van der Waals surface area contributed by atoms with E-state index in [0.29, 0.717) is 6.21 Å². The Balaban J connectivity index is 2.93. The molecule has 0 bridgehead atoms. The minimum absolute atomic E-state index is 0.689. The van der Waals surface area contributed by atoms with Gasteiger partial charge >= 0.3 is 6.03 Å². The number of urea groups is 1. The van der Waals surface area contributed by atoms with Gasteiger partial charge in [-0.1, -0.05) is 0 Å². The van der Waals surface area contributed by atoms with Crippen LogP contribution in [0.1, 0.15) is 6.92 Å². The van der Waals surface area contributed by atoms with E-state index < -0.39 is 17.6 Å². The third-order valence-corrected chi connectivity index (χ3v) is 1.09. The van der Waals surface area contributed by atoms with E-state index in [-0.39, 0.29) is 0 Å². The lowest BCUT2D eigenvalue weighted by Gasteiger charge is -2.16. The van der Waals surface area contributed by atoms with Gasteiger partial charge in [0.1, 0.15) is 0 Å². The highest BCUT2D eigenvalue weighted by molar-refractivity contribution is 6.14. The molecule has 1 aliphatic heterocycles. The van der Waals surface area contributed by atoms with E-state index in [1.165, 1.54) is 0 Å². The zero-order valence-electron chi connectivity index (χ0n) is 5.22. The number of imide groups is 1. The molecule has 1 aliphatic rings. The van der Waals surface area contributed by atoms with Gasteiger partial charge in [0.15, 0.2) is 0 Å². The topological polar surface area (TPSA) is 58.5 Å². The molecule has 0 spiro atoms. The first-order chi connectivity index (χ1) is 4.52. The largest absolute Gasteiger partial charge is 0.347 e. The molecule has 0 saturated heterocycles. The molecule has 0 aromatic carbocycles. The molecule has 54 valence electrons. The van der Waals surface area contributed by atoms with Crippen molar-refractivity contribution in [3.05, 3.63) is 0 Å². The number of carbonyl (C=O) groups excluding carboxylic acids is 2. The Bertz CT molecular complexity index is 222. The molecular weight excluding hydrogens is 139 g/mol. The third-order valence-electron chi connectivity index (χ3n) is 1.09. The first-order valence-electron chi connectivity index (χ1n) is 2.62. The van der Waals surface area contributed by atoms with E-state index in [2.05, 4.69) is 4.99 Å². The summed E-state index contributed by atoms with van der Waals surface area (Å²) in [5.41, 5.74) is -2.14. The summed E-state index contributed by atoms with van der Waals surface area (Å²) in [7, 11) is 0. The van der Waals surface area contributed by atoms with Gasteiger partial charge in [0.05, 0.1) is 6.21 Å². The number of hydrogen-bond donors (Lipinski definition) is 1. The molecule has 1 N–H and O–H groups in total. The third kappa shape index (κ3) is 1.02. The van der Waals surface area contributed by atoms with Crippen LogP contribution in [-0.4, -0.2) is 23.8 Å². The van der Waals surface area contributed by atoms with Crippen molar-refractivity contribution in [1.82, 2.24) is 5.32 Å². The van der Waals surface area contributed by atoms with Crippen molar-refractivity contribution in [2.24, 2.45) is 4.99 Å². The molecule has 1 heterocycles. The Morgan fingerprint density at radius 2 is 2.30 bits per heavy atom. The van der Waals surface area contributed by atoms with Gasteiger partial charge < -0.3 is 0 Å². The van der Waals surface area contributed by atoms with Crippen molar-refractivity contribution >= 4 is 18.2 Å². The van der Waals surface area contributed by atoms with Crippen molar-refractivity contribution in [2.75, 3.05) is 0 Å². The maximum atomic E-state index is 12.7. The summed E-state index contributed by atoms with van der Waals surface area (Å²) in [5, 5.41) is 1.72. The van der Waals surface area contributed by atoms with Gasteiger partial charge in [-0.25, -0.2) is 14.2 Å². The zero-order valence-corrected chi connectivity index (χ0v) is 5.22. The molecule has 1 atom stereocenters. The number of hydrogen-bond acceptors (Lipinski definition) is 2. The van der Waals surface area contributed by atoms with E-state index in [9.17, 15) is 14.0 Å². The Labute approximate surface area is 56.1 Å². The van der Waals surface area contributed by atoms with Crippen LogP contribution in [0.25, 0.3) is 0 Å². The highest BCUT2D eigenvalue weighted by atomic mass is 19.1. The zero-order chi connectivity index (χ0) is 7.78. The molecule has 1 rings (SSSR count). The number of rotatable bonds is 0. The second-order valence-corrected chi connectivity index (χ2v) is 2.09. The number of halogens is 1. The van der Waals surface area contributed by atoms with E-state index >= 15 is 0 Å². The van der Waals surface area contributed by atoms with Gasteiger partial charge in [0.25, 0.3) is 5.91 Å². The number of nitrogens with zero attached hydrogens (tertiary/aromatic N) is 1. The van der Waals surface area contributed by atoms with Crippen molar-refractivity contribution in [3.8, 4) is 0 Å². The summed E-state index contributed by atoms with van der Waals surface area (Å²) in [4.78, 5) is 23.9. The Morgan fingerprint density at radius 3 is 2.70 bits per heavy atom. The molecule has 0 fully saturated rings. The highest BCUT2D eigenvalue weighted by Gasteiger charge is 2.35. The molecule has 0 aromatic heterocycles. The maximum absolute atomic E-state index is 12.7. The van der Waals surface area contributed by atoms with E-state index in [0.717, 1.165) is 6.92 Å². The van der Waals surface area contributed by atoms with Crippen molar-refractivity contribution in [1.29, 1.82) is 0 Å². The summed E-state index contributed by atoms with van der Waals surface area (Å²) >= 11 is 0. The van der Waals surface area contributed by atoms with Gasteiger partial charge in [-0.2, -0.15) is 0 Å². The molecule has 0 radical (unpaired) electrons. The fourth-order valence-electron chi connectivity index (χ4n) is 0.490. The molecule has 4 nitrogen and oxygen atoms in total. The molecule has 5 heteroatoms. The first kappa shape index (κ1) is 6.85. The average molecular weight is 144 g/mol.